The molecule has 3 heterocycles. The zero-order valence-electron chi connectivity index (χ0n) is 28.4. The smallest absolute Gasteiger partial charge is 0.356 e. The van der Waals surface area contributed by atoms with Crippen LogP contribution in [0.3, 0.4) is 0 Å². The molecular weight excluding hydrogens is 612 g/mol. The van der Waals surface area contributed by atoms with Crippen molar-refractivity contribution >= 4 is 46.5 Å². The zero-order valence-corrected chi connectivity index (χ0v) is 29.2. The molecule has 6 rings (SSSR count). The number of methoxy groups -OCH3 is 1. The van der Waals surface area contributed by atoms with Gasteiger partial charge in [0.15, 0.2) is 5.69 Å². The molecular formula is C37H46N4O5S. The molecule has 0 saturated heterocycles. The Hall–Kier alpha value is -4.02. The van der Waals surface area contributed by atoms with Crippen molar-refractivity contribution in [2.24, 2.45) is 0 Å². The molecule has 2 aromatic carbocycles. The molecule has 2 aromatic heterocycles. The number of allylic oxidation sites excluding steroid dienone is 1. The Morgan fingerprint density at radius 3 is 2.43 bits per heavy atom. The van der Waals surface area contributed by atoms with E-state index in [1.807, 2.05) is 70.4 Å². The molecule has 0 spiro atoms. The molecule has 1 aliphatic carbocycles. The molecule has 1 aliphatic heterocycles. The summed E-state index contributed by atoms with van der Waals surface area (Å²) in [7, 11) is 1.65. The van der Waals surface area contributed by atoms with Gasteiger partial charge in [-0.15, -0.1) is 0 Å². The lowest BCUT2D eigenvalue weighted by molar-refractivity contribution is 0.0690. The lowest BCUT2D eigenvalue weighted by Crippen LogP contribution is -2.21. The molecule has 0 bridgehead atoms. The number of rotatable bonds is 9. The van der Waals surface area contributed by atoms with Crippen molar-refractivity contribution in [2.45, 2.75) is 97.4 Å². The van der Waals surface area contributed by atoms with E-state index in [0.717, 1.165) is 51.9 Å². The van der Waals surface area contributed by atoms with Crippen LogP contribution < -0.4 is 10.2 Å². The summed E-state index contributed by atoms with van der Waals surface area (Å²) in [4.78, 5) is 30.0. The minimum Gasteiger partial charge on any atom is -0.497 e. The molecule has 0 atom stereocenters. The molecule has 0 radical (unpaired) electrons. The number of benzene rings is 2. The first-order valence-electron chi connectivity index (χ1n) is 16.7. The topological polar surface area (TPSA) is 108 Å². The van der Waals surface area contributed by atoms with Crippen LogP contribution in [0.1, 0.15) is 123 Å². The maximum atomic E-state index is 13.2. The number of carboxylic acid groups (broad SMARTS) is 1. The minimum absolute atomic E-state index is 0.00721. The van der Waals surface area contributed by atoms with Crippen LogP contribution in [0.2, 0.25) is 0 Å². The van der Waals surface area contributed by atoms with Crippen LogP contribution in [0.25, 0.3) is 33.8 Å². The quantitative estimate of drug-likeness (QED) is 0.136. The summed E-state index contributed by atoms with van der Waals surface area (Å²) in [6.07, 6.45) is 9.49. The summed E-state index contributed by atoms with van der Waals surface area (Å²) >= 11 is 1.20. The first-order chi connectivity index (χ1) is 22.7. The third-order valence-electron chi connectivity index (χ3n) is 8.78. The number of aromatic nitrogens is 3. The van der Waals surface area contributed by atoms with Crippen molar-refractivity contribution in [3.05, 3.63) is 70.8 Å². The molecule has 250 valence electrons. The lowest BCUT2D eigenvalue weighted by Gasteiger charge is -2.24. The van der Waals surface area contributed by atoms with Gasteiger partial charge in [0.05, 0.1) is 31.4 Å². The van der Waals surface area contributed by atoms with E-state index < -0.39 is 5.97 Å². The summed E-state index contributed by atoms with van der Waals surface area (Å²) in [6.45, 7) is 12.4. The maximum Gasteiger partial charge on any atom is 0.356 e. The van der Waals surface area contributed by atoms with Crippen LogP contribution in [0, 0.1) is 0 Å². The van der Waals surface area contributed by atoms with E-state index in [4.69, 9.17) is 9.02 Å². The van der Waals surface area contributed by atoms with Gasteiger partial charge in [-0.1, -0.05) is 53.0 Å². The fourth-order valence-electron chi connectivity index (χ4n) is 6.77. The van der Waals surface area contributed by atoms with Crippen LogP contribution in [0.15, 0.2) is 42.7 Å². The van der Waals surface area contributed by atoms with E-state index in [9.17, 15) is 14.7 Å². The Labute approximate surface area is 281 Å². The van der Waals surface area contributed by atoms with Gasteiger partial charge in [-0.3, -0.25) is 4.79 Å². The second-order valence-electron chi connectivity index (χ2n) is 12.4. The number of fused-ring (bicyclic) bond motifs is 5. The Morgan fingerprint density at radius 1 is 1.02 bits per heavy atom. The van der Waals surface area contributed by atoms with Crippen LogP contribution in [0.5, 0.6) is 5.75 Å². The molecule has 2 N–H and O–H groups in total. The van der Waals surface area contributed by atoms with Crippen LogP contribution in [0.4, 0.5) is 0 Å². The maximum absolute atomic E-state index is 13.2. The van der Waals surface area contributed by atoms with Crippen molar-refractivity contribution in [2.75, 3.05) is 7.11 Å². The van der Waals surface area contributed by atoms with E-state index in [1.165, 1.54) is 36.9 Å². The Bertz CT molecular complexity index is 1800. The number of amides is 1. The molecule has 4 aromatic rings. The Kier molecular flexibility index (Phi) is 10.8. The second-order valence-corrected chi connectivity index (χ2v) is 13.7. The number of aromatic carboxylic acids is 1. The largest absolute Gasteiger partial charge is 0.497 e. The van der Waals surface area contributed by atoms with Crippen molar-refractivity contribution in [3.63, 3.8) is 0 Å². The van der Waals surface area contributed by atoms with Gasteiger partial charge >= 0.3 is 5.97 Å². The lowest BCUT2D eigenvalue weighted by atomic mass is 9.81. The third-order valence-corrected chi connectivity index (χ3v) is 9.35. The number of nitrogens with zero attached hydrogens (tertiary/aromatic N) is 3. The zero-order chi connectivity index (χ0) is 33.8. The highest BCUT2D eigenvalue weighted by Crippen LogP contribution is 2.48. The number of carboxylic acids is 1. The summed E-state index contributed by atoms with van der Waals surface area (Å²) in [5.41, 5.74) is 9.82. The average Bonchev–Trinajstić information content (AvgIpc) is 3.61. The predicted molar refractivity (Wildman–Crippen MR) is 190 cm³/mol. The molecule has 2 aliphatic rings. The summed E-state index contributed by atoms with van der Waals surface area (Å²) in [5, 5.41) is 11.5. The summed E-state index contributed by atoms with van der Waals surface area (Å²) in [6, 6.07) is 12.0. The number of imidazole rings is 1. The molecule has 1 amide bonds. The number of ether oxygens (including phenoxy) is 1. The number of hydroxylamine groups is 1. The van der Waals surface area contributed by atoms with Crippen LogP contribution in [-0.4, -0.2) is 43.5 Å². The fraction of sp³-hybridized carbons (Fsp3) is 0.432. The SMILES string of the molecule is CC.COc1ccc2c(c1)C=C(c1c(C(=O)O)ncn1C(C)C)Cn1c-2c(C2CCCCC2)c2ccc(C(=O)NOSC(C)C)cc21. The van der Waals surface area contributed by atoms with Gasteiger partial charge in [-0.05, 0) is 85.7 Å². The van der Waals surface area contributed by atoms with Crippen molar-refractivity contribution in [3.8, 4) is 17.0 Å². The summed E-state index contributed by atoms with van der Waals surface area (Å²) in [5.74, 6) is -0.295. The number of carbonyl (C=O) groups excluding carboxylic acids is 1. The van der Waals surface area contributed by atoms with Gasteiger partial charge in [-0.25, -0.2) is 19.5 Å². The summed E-state index contributed by atoms with van der Waals surface area (Å²) < 4.78 is 15.2. The molecule has 10 heteroatoms. The number of carbonyl (C=O) groups is 2. The van der Waals surface area contributed by atoms with Crippen molar-refractivity contribution in [1.82, 2.24) is 19.6 Å². The van der Waals surface area contributed by atoms with Gasteiger partial charge in [0, 0.05) is 45.4 Å². The van der Waals surface area contributed by atoms with E-state index in [1.54, 1.807) is 13.4 Å². The number of hydrogen-bond acceptors (Lipinski definition) is 6. The highest BCUT2D eigenvalue weighted by atomic mass is 32.2. The van der Waals surface area contributed by atoms with Gasteiger partial charge in [0.25, 0.3) is 5.91 Å². The standard InChI is InChI=1S/C35H40N4O5S.C2H6/c1-20(2)39-19-36-31(35(41)42)32(39)25-15-24-16-26(43-5)12-14-27(24)33-30(22-9-7-6-8-10-22)28-13-11-23(17-29(28)38(33)18-25)34(40)37-44-45-21(3)4;1-2/h11-17,19-22H,6-10,18H2,1-5H3,(H,37,40)(H,41,42);1-2H3. The first kappa shape index (κ1) is 34.3. The fourth-order valence-corrected chi connectivity index (χ4v) is 7.09. The first-order valence-corrected chi connectivity index (χ1v) is 17.5. The van der Waals surface area contributed by atoms with E-state index in [0.29, 0.717) is 23.7 Å². The van der Waals surface area contributed by atoms with Gasteiger partial charge in [0.2, 0.25) is 0 Å². The molecule has 1 fully saturated rings. The van der Waals surface area contributed by atoms with E-state index in [2.05, 4.69) is 33.2 Å². The predicted octanol–water partition coefficient (Wildman–Crippen LogP) is 9.14. The monoisotopic (exact) mass is 658 g/mol. The van der Waals surface area contributed by atoms with Crippen molar-refractivity contribution in [1.29, 1.82) is 0 Å². The molecule has 47 heavy (non-hydrogen) atoms. The van der Waals surface area contributed by atoms with Gasteiger partial charge in [-0.2, -0.15) is 0 Å². The third kappa shape index (κ3) is 6.85. The average molecular weight is 659 g/mol. The van der Waals surface area contributed by atoms with Gasteiger partial charge in [0.1, 0.15) is 5.75 Å². The highest BCUT2D eigenvalue weighted by Gasteiger charge is 2.32. The molecule has 0 unspecified atom stereocenters. The Morgan fingerprint density at radius 2 is 1.77 bits per heavy atom. The number of hydrogen-bond donors (Lipinski definition) is 2. The molecule has 9 nitrogen and oxygen atoms in total. The molecule has 1 saturated carbocycles. The van der Waals surface area contributed by atoms with E-state index in [-0.39, 0.29) is 22.9 Å². The van der Waals surface area contributed by atoms with Gasteiger partial charge < -0.3 is 19.0 Å². The van der Waals surface area contributed by atoms with Crippen LogP contribution >= 0.6 is 12.0 Å². The highest BCUT2D eigenvalue weighted by molar-refractivity contribution is 7.95. The number of nitrogens with one attached hydrogen (secondary N) is 1. The minimum atomic E-state index is -1.07. The second kappa shape index (κ2) is 14.8. The van der Waals surface area contributed by atoms with Crippen molar-refractivity contribution < 1.29 is 23.7 Å². The Balaban J connectivity index is 0.00000213. The normalized spacial score (nSPS) is 14.6. The van der Waals surface area contributed by atoms with E-state index >= 15 is 0 Å². The van der Waals surface area contributed by atoms with Crippen LogP contribution in [-0.2, 0) is 10.8 Å².